The second-order valence-corrected chi connectivity index (χ2v) is 3.64. The van der Waals surface area contributed by atoms with Crippen LogP contribution in [0.4, 0.5) is 0 Å². The van der Waals surface area contributed by atoms with Crippen molar-refractivity contribution in [3.63, 3.8) is 0 Å². The Hall–Kier alpha value is 0.210. The molecular formula is C8H15ClO2. The number of hydrogen-bond acceptors (Lipinski definition) is 2. The number of hydrogen-bond donors (Lipinski definition) is 0. The molecule has 2 atom stereocenters. The molecule has 0 amide bonds. The zero-order chi connectivity index (χ0) is 8.27. The molecule has 0 aromatic heterocycles. The molecule has 0 aromatic carbocycles. The molecule has 11 heavy (non-hydrogen) atoms. The lowest BCUT2D eigenvalue weighted by molar-refractivity contribution is -0.177. The van der Waals surface area contributed by atoms with Gasteiger partial charge in [-0.1, -0.05) is 0 Å². The van der Waals surface area contributed by atoms with Crippen LogP contribution in [0.5, 0.6) is 0 Å². The van der Waals surface area contributed by atoms with Gasteiger partial charge in [0.05, 0.1) is 11.5 Å². The summed E-state index contributed by atoms with van der Waals surface area (Å²) in [7, 11) is 0. The van der Waals surface area contributed by atoms with Crippen LogP contribution < -0.4 is 0 Å². The summed E-state index contributed by atoms with van der Waals surface area (Å²) < 4.78 is 10.8. The summed E-state index contributed by atoms with van der Waals surface area (Å²) in [5, 5.41) is 0.0335. The fraction of sp³-hybridized carbons (Fsp3) is 1.00. The van der Waals surface area contributed by atoms with Gasteiger partial charge in [-0.05, 0) is 26.7 Å². The van der Waals surface area contributed by atoms with Crippen LogP contribution in [0, 0.1) is 0 Å². The van der Waals surface area contributed by atoms with E-state index in [1.807, 2.05) is 13.8 Å². The van der Waals surface area contributed by atoms with Gasteiger partial charge in [-0.15, -0.1) is 11.6 Å². The zero-order valence-corrected chi connectivity index (χ0v) is 7.80. The first kappa shape index (κ1) is 9.30. The van der Waals surface area contributed by atoms with Crippen LogP contribution in [0.15, 0.2) is 0 Å². The third kappa shape index (κ3) is 2.97. The Morgan fingerprint density at radius 3 is 2.82 bits per heavy atom. The molecule has 0 aromatic rings. The first-order valence-electron chi connectivity index (χ1n) is 4.11. The van der Waals surface area contributed by atoms with E-state index in [0.29, 0.717) is 0 Å². The Balaban J connectivity index is 2.29. The van der Waals surface area contributed by atoms with Gasteiger partial charge in [0.15, 0.2) is 6.29 Å². The molecular weight excluding hydrogens is 164 g/mol. The second-order valence-electron chi connectivity index (χ2n) is 3.08. The maximum atomic E-state index is 5.98. The smallest absolute Gasteiger partial charge is 0.174 e. The van der Waals surface area contributed by atoms with Gasteiger partial charge in [0, 0.05) is 6.61 Å². The summed E-state index contributed by atoms with van der Waals surface area (Å²) in [4.78, 5) is 0. The van der Waals surface area contributed by atoms with E-state index in [1.165, 1.54) is 0 Å². The van der Waals surface area contributed by atoms with Gasteiger partial charge in [0.2, 0.25) is 0 Å². The number of halogens is 1. The van der Waals surface area contributed by atoms with Crippen molar-refractivity contribution in [2.24, 2.45) is 0 Å². The highest BCUT2D eigenvalue weighted by molar-refractivity contribution is 6.20. The van der Waals surface area contributed by atoms with E-state index in [-0.39, 0.29) is 17.8 Å². The fourth-order valence-electron chi connectivity index (χ4n) is 1.11. The van der Waals surface area contributed by atoms with Crippen LogP contribution in [0.3, 0.4) is 0 Å². The van der Waals surface area contributed by atoms with E-state index in [0.717, 1.165) is 19.4 Å². The SMILES string of the molecule is CC(C)O[C@@H]1OCCC[C@@H]1Cl. The lowest BCUT2D eigenvalue weighted by Crippen LogP contribution is -2.34. The maximum Gasteiger partial charge on any atom is 0.174 e. The largest absolute Gasteiger partial charge is 0.351 e. The Kier molecular flexibility index (Phi) is 3.63. The van der Waals surface area contributed by atoms with E-state index < -0.39 is 0 Å². The van der Waals surface area contributed by atoms with Crippen molar-refractivity contribution in [2.75, 3.05) is 6.61 Å². The molecule has 0 saturated carbocycles. The van der Waals surface area contributed by atoms with Crippen molar-refractivity contribution < 1.29 is 9.47 Å². The average Bonchev–Trinajstić information content (AvgIpc) is 1.93. The van der Waals surface area contributed by atoms with Gasteiger partial charge >= 0.3 is 0 Å². The van der Waals surface area contributed by atoms with Gasteiger partial charge in [0.25, 0.3) is 0 Å². The minimum atomic E-state index is -0.189. The van der Waals surface area contributed by atoms with Crippen LogP contribution in [0.2, 0.25) is 0 Å². The monoisotopic (exact) mass is 178 g/mol. The predicted molar refractivity (Wildman–Crippen MR) is 44.8 cm³/mol. The first-order chi connectivity index (χ1) is 5.20. The summed E-state index contributed by atoms with van der Waals surface area (Å²) in [6.07, 6.45) is 2.05. The number of rotatable bonds is 2. The lowest BCUT2D eigenvalue weighted by Gasteiger charge is -2.28. The van der Waals surface area contributed by atoms with Crippen LogP contribution in [-0.2, 0) is 9.47 Å². The molecule has 0 N–H and O–H groups in total. The molecule has 1 fully saturated rings. The van der Waals surface area contributed by atoms with Crippen LogP contribution >= 0.6 is 11.6 Å². The molecule has 1 aliphatic rings. The molecule has 0 bridgehead atoms. The molecule has 1 saturated heterocycles. The molecule has 0 unspecified atom stereocenters. The summed E-state index contributed by atoms with van der Waals surface area (Å²) in [6.45, 7) is 4.75. The van der Waals surface area contributed by atoms with Gasteiger partial charge < -0.3 is 9.47 Å². The average molecular weight is 179 g/mol. The summed E-state index contributed by atoms with van der Waals surface area (Å²) in [5.41, 5.74) is 0. The molecule has 1 rings (SSSR count). The third-order valence-electron chi connectivity index (χ3n) is 1.61. The first-order valence-corrected chi connectivity index (χ1v) is 4.55. The van der Waals surface area contributed by atoms with Crippen molar-refractivity contribution in [1.29, 1.82) is 0 Å². The quantitative estimate of drug-likeness (QED) is 0.604. The molecule has 0 radical (unpaired) electrons. The van der Waals surface area contributed by atoms with Gasteiger partial charge in [0.1, 0.15) is 0 Å². The van der Waals surface area contributed by atoms with Crippen LogP contribution in [0.25, 0.3) is 0 Å². The zero-order valence-electron chi connectivity index (χ0n) is 7.05. The molecule has 0 spiro atoms. The van der Waals surface area contributed by atoms with Gasteiger partial charge in [-0.3, -0.25) is 0 Å². The van der Waals surface area contributed by atoms with E-state index >= 15 is 0 Å². The van der Waals surface area contributed by atoms with Crippen LogP contribution in [-0.4, -0.2) is 24.4 Å². The van der Waals surface area contributed by atoms with E-state index in [4.69, 9.17) is 21.1 Å². The van der Waals surface area contributed by atoms with Crippen molar-refractivity contribution in [2.45, 2.75) is 44.5 Å². The Bertz CT molecular complexity index is 117. The van der Waals surface area contributed by atoms with E-state index in [9.17, 15) is 0 Å². The highest BCUT2D eigenvalue weighted by atomic mass is 35.5. The molecule has 3 heteroatoms. The van der Waals surface area contributed by atoms with E-state index in [2.05, 4.69) is 0 Å². The minimum Gasteiger partial charge on any atom is -0.351 e. The minimum absolute atomic E-state index is 0.0335. The molecule has 66 valence electrons. The lowest BCUT2D eigenvalue weighted by atomic mass is 10.2. The standard InChI is InChI=1S/C8H15ClO2/c1-6(2)11-8-7(9)4-3-5-10-8/h6-8H,3-5H2,1-2H3/t7-,8-/m0/s1. The molecule has 1 aliphatic heterocycles. The summed E-state index contributed by atoms with van der Waals surface area (Å²) in [5.74, 6) is 0. The fourth-order valence-corrected chi connectivity index (χ4v) is 1.40. The van der Waals surface area contributed by atoms with Crippen molar-refractivity contribution in [3.05, 3.63) is 0 Å². The Labute approximate surface area is 72.8 Å². The molecule has 0 aliphatic carbocycles. The topological polar surface area (TPSA) is 18.5 Å². The highest BCUT2D eigenvalue weighted by Crippen LogP contribution is 2.21. The number of alkyl halides is 1. The third-order valence-corrected chi connectivity index (χ3v) is 2.03. The van der Waals surface area contributed by atoms with Crippen LogP contribution in [0.1, 0.15) is 26.7 Å². The Morgan fingerprint density at radius 1 is 1.55 bits per heavy atom. The van der Waals surface area contributed by atoms with Crippen molar-refractivity contribution >= 4 is 11.6 Å². The van der Waals surface area contributed by atoms with Gasteiger partial charge in [-0.2, -0.15) is 0 Å². The summed E-state index contributed by atoms with van der Waals surface area (Å²) in [6, 6.07) is 0. The summed E-state index contributed by atoms with van der Waals surface area (Å²) >= 11 is 5.98. The van der Waals surface area contributed by atoms with Crippen molar-refractivity contribution in [3.8, 4) is 0 Å². The van der Waals surface area contributed by atoms with Crippen molar-refractivity contribution in [1.82, 2.24) is 0 Å². The normalized spacial score (nSPS) is 32.7. The number of ether oxygens (including phenoxy) is 2. The molecule has 2 nitrogen and oxygen atoms in total. The predicted octanol–water partition coefficient (Wildman–Crippen LogP) is 2.16. The molecule has 1 heterocycles. The maximum absolute atomic E-state index is 5.98. The Morgan fingerprint density at radius 2 is 2.27 bits per heavy atom. The van der Waals surface area contributed by atoms with Gasteiger partial charge in [-0.25, -0.2) is 0 Å². The second kappa shape index (κ2) is 4.29. The highest BCUT2D eigenvalue weighted by Gasteiger charge is 2.25. The van der Waals surface area contributed by atoms with E-state index in [1.54, 1.807) is 0 Å².